The molecular weight excluding hydrogens is 217 g/mol. The third kappa shape index (κ3) is 12.5. The Balaban J connectivity index is 0. The molecular formula is C8H11F3O4. The second kappa shape index (κ2) is 7.84. The monoisotopic (exact) mass is 228 g/mol. The Morgan fingerprint density at radius 2 is 1.60 bits per heavy atom. The third-order valence-electron chi connectivity index (χ3n) is 0.842. The molecule has 1 unspecified atom stereocenters. The Labute approximate surface area is 84.3 Å². The number of hydrogen-bond donors (Lipinski definition) is 1. The van der Waals surface area contributed by atoms with E-state index >= 15 is 0 Å². The smallest absolute Gasteiger partial charge is 0.330 e. The van der Waals surface area contributed by atoms with Gasteiger partial charge >= 0.3 is 24.7 Å². The van der Waals surface area contributed by atoms with Crippen molar-refractivity contribution >= 4 is 11.9 Å². The Morgan fingerprint density at radius 1 is 1.27 bits per heavy atom. The van der Waals surface area contributed by atoms with Crippen LogP contribution in [0.5, 0.6) is 0 Å². The van der Waals surface area contributed by atoms with Crippen LogP contribution in [0, 0.1) is 0 Å². The van der Waals surface area contributed by atoms with Gasteiger partial charge in [0.1, 0.15) is 0 Å². The van der Waals surface area contributed by atoms with Crippen LogP contribution in [0.4, 0.5) is 13.2 Å². The molecule has 7 heteroatoms. The van der Waals surface area contributed by atoms with Gasteiger partial charge in [0.2, 0.25) is 0 Å². The summed E-state index contributed by atoms with van der Waals surface area (Å²) in [6.07, 6.45) is -6.05. The second-order valence-corrected chi connectivity index (χ2v) is 2.38. The lowest BCUT2D eigenvalue weighted by Crippen LogP contribution is -2.18. The minimum atomic E-state index is -3.26. The van der Waals surface area contributed by atoms with Gasteiger partial charge in [-0.3, -0.25) is 4.79 Å². The van der Waals surface area contributed by atoms with Gasteiger partial charge in [0.05, 0.1) is 0 Å². The summed E-state index contributed by atoms with van der Waals surface area (Å²) in [7, 11) is 0. The van der Waals surface area contributed by atoms with Gasteiger partial charge in [-0.1, -0.05) is 6.58 Å². The van der Waals surface area contributed by atoms with Gasteiger partial charge in [-0.2, -0.15) is 4.39 Å². The summed E-state index contributed by atoms with van der Waals surface area (Å²) in [6.45, 7) is 5.46. The highest BCUT2D eigenvalue weighted by molar-refractivity contribution is 5.84. The zero-order chi connectivity index (χ0) is 12.6. The van der Waals surface area contributed by atoms with E-state index in [2.05, 4.69) is 11.3 Å². The normalized spacial score (nSPS) is 11.1. The van der Waals surface area contributed by atoms with Crippen LogP contribution >= 0.6 is 0 Å². The second-order valence-electron chi connectivity index (χ2n) is 2.38. The van der Waals surface area contributed by atoms with Crippen LogP contribution in [-0.4, -0.2) is 29.8 Å². The van der Waals surface area contributed by atoms with Crippen molar-refractivity contribution in [3.63, 3.8) is 0 Å². The maximum atomic E-state index is 11.6. The molecule has 0 amide bonds. The van der Waals surface area contributed by atoms with Gasteiger partial charge in [0.25, 0.3) is 0 Å². The maximum Gasteiger partial charge on any atom is 0.330 e. The molecule has 0 aromatic heterocycles. The van der Waals surface area contributed by atoms with E-state index in [0.717, 1.165) is 6.92 Å². The molecule has 0 heterocycles. The molecule has 0 saturated heterocycles. The topological polar surface area (TPSA) is 63.6 Å². The van der Waals surface area contributed by atoms with Crippen molar-refractivity contribution in [1.29, 1.82) is 0 Å². The summed E-state index contributed by atoms with van der Waals surface area (Å²) in [5.41, 5.74) is 0.176. The zero-order valence-corrected chi connectivity index (χ0v) is 8.17. The number of carbonyl (C=O) groups excluding carboxylic acids is 1. The van der Waals surface area contributed by atoms with E-state index in [4.69, 9.17) is 5.11 Å². The fourth-order valence-corrected chi connectivity index (χ4v) is 0.210. The van der Waals surface area contributed by atoms with Crippen molar-refractivity contribution in [2.75, 3.05) is 0 Å². The predicted octanol–water partition coefficient (Wildman–Crippen LogP) is 1.76. The van der Waals surface area contributed by atoms with E-state index in [-0.39, 0.29) is 5.57 Å². The first-order valence-corrected chi connectivity index (χ1v) is 3.66. The first-order chi connectivity index (χ1) is 6.68. The Hall–Kier alpha value is -1.53. The molecule has 0 fully saturated rings. The molecule has 0 aromatic rings. The number of esters is 1. The Kier molecular flexibility index (Phi) is 8.32. The average Bonchev–Trinajstić information content (AvgIpc) is 2.03. The quantitative estimate of drug-likeness (QED) is 0.590. The summed E-state index contributed by atoms with van der Waals surface area (Å²) < 4.78 is 37.3. The molecule has 88 valence electrons. The average molecular weight is 228 g/mol. The molecule has 0 aliphatic carbocycles. The number of aliphatic carboxylic acids is 1. The number of rotatable bonds is 3. The molecule has 0 aliphatic rings. The molecule has 0 aliphatic heterocycles. The van der Waals surface area contributed by atoms with Gasteiger partial charge in [-0.05, 0) is 6.92 Å². The Bertz CT molecular complexity index is 228. The maximum absolute atomic E-state index is 11.6. The Morgan fingerprint density at radius 3 is 1.67 bits per heavy atom. The van der Waals surface area contributed by atoms with Crippen LogP contribution < -0.4 is 0 Å². The van der Waals surface area contributed by atoms with Crippen molar-refractivity contribution < 1.29 is 32.6 Å². The van der Waals surface area contributed by atoms with Crippen LogP contribution in [0.15, 0.2) is 12.2 Å². The summed E-state index contributed by atoms with van der Waals surface area (Å²) >= 11 is 0. The first-order valence-electron chi connectivity index (χ1n) is 3.66. The van der Waals surface area contributed by atoms with E-state index in [1.807, 2.05) is 0 Å². The van der Waals surface area contributed by atoms with E-state index in [9.17, 15) is 22.8 Å². The number of carboxylic acid groups (broad SMARTS) is 1. The highest BCUT2D eigenvalue weighted by Crippen LogP contribution is 2.06. The van der Waals surface area contributed by atoms with E-state index < -0.39 is 24.7 Å². The largest absolute Gasteiger partial charge is 0.478 e. The van der Waals surface area contributed by atoms with Crippen LogP contribution in [0.25, 0.3) is 0 Å². The van der Waals surface area contributed by atoms with E-state index in [1.54, 1.807) is 0 Å². The number of alkyl halides is 3. The van der Waals surface area contributed by atoms with Gasteiger partial charge in [0.15, 0.2) is 0 Å². The number of hydrogen-bond acceptors (Lipinski definition) is 3. The highest BCUT2D eigenvalue weighted by Gasteiger charge is 2.21. The molecule has 0 saturated carbocycles. The fraction of sp³-hybridized carbons (Fsp3) is 0.500. The molecule has 0 bridgehead atoms. The molecule has 0 spiro atoms. The van der Waals surface area contributed by atoms with Crippen LogP contribution in [-0.2, 0) is 14.3 Å². The standard InChI is InChI=1S/C4H5F3O2.C4H6O2/c1-2(8)9-4(7)3(5)6;1-3(2)4(5)6/h3-4H,1H3;1H2,2H3,(H,5,6). The summed E-state index contributed by atoms with van der Waals surface area (Å²) in [4.78, 5) is 19.4. The molecule has 0 radical (unpaired) electrons. The van der Waals surface area contributed by atoms with Gasteiger partial charge in [-0.15, -0.1) is 0 Å². The summed E-state index contributed by atoms with van der Waals surface area (Å²) in [6, 6.07) is 0. The molecule has 0 aromatic carbocycles. The van der Waals surface area contributed by atoms with Crippen LogP contribution in [0.1, 0.15) is 13.8 Å². The first kappa shape index (κ1) is 15.9. The van der Waals surface area contributed by atoms with Gasteiger partial charge in [0, 0.05) is 12.5 Å². The number of carboxylic acids is 1. The fourth-order valence-electron chi connectivity index (χ4n) is 0.210. The van der Waals surface area contributed by atoms with Crippen molar-refractivity contribution in [2.24, 2.45) is 0 Å². The van der Waals surface area contributed by atoms with Crippen molar-refractivity contribution in [2.45, 2.75) is 26.6 Å². The predicted molar refractivity (Wildman–Crippen MR) is 45.1 cm³/mol. The third-order valence-corrected chi connectivity index (χ3v) is 0.842. The molecule has 15 heavy (non-hydrogen) atoms. The van der Waals surface area contributed by atoms with Crippen LogP contribution in [0.3, 0.4) is 0 Å². The van der Waals surface area contributed by atoms with Gasteiger partial charge in [-0.25, -0.2) is 13.6 Å². The molecule has 4 nitrogen and oxygen atoms in total. The SMILES string of the molecule is C=C(C)C(=O)O.CC(=O)OC(F)C(F)F. The lowest BCUT2D eigenvalue weighted by Gasteiger charge is -2.04. The highest BCUT2D eigenvalue weighted by atomic mass is 19.3. The van der Waals surface area contributed by atoms with Crippen molar-refractivity contribution in [3.8, 4) is 0 Å². The lowest BCUT2D eigenvalue weighted by molar-refractivity contribution is -0.171. The van der Waals surface area contributed by atoms with Crippen LogP contribution in [0.2, 0.25) is 0 Å². The van der Waals surface area contributed by atoms with Crippen molar-refractivity contribution in [1.82, 2.24) is 0 Å². The van der Waals surface area contributed by atoms with E-state index in [1.165, 1.54) is 6.92 Å². The number of carbonyl (C=O) groups is 2. The minimum absolute atomic E-state index is 0.176. The summed E-state index contributed by atoms with van der Waals surface area (Å²) in [5, 5.41) is 7.89. The van der Waals surface area contributed by atoms with Gasteiger partial charge < -0.3 is 9.84 Å². The van der Waals surface area contributed by atoms with E-state index in [0.29, 0.717) is 0 Å². The minimum Gasteiger partial charge on any atom is -0.478 e. The number of halogens is 3. The van der Waals surface area contributed by atoms with Crippen molar-refractivity contribution in [3.05, 3.63) is 12.2 Å². The molecule has 1 atom stereocenters. The molecule has 1 N–H and O–H groups in total. The lowest BCUT2D eigenvalue weighted by atomic mass is 10.4. The number of ether oxygens (including phenoxy) is 1. The summed E-state index contributed by atoms with van der Waals surface area (Å²) in [5.74, 6) is -1.99. The zero-order valence-electron chi connectivity index (χ0n) is 8.17. The molecule has 0 rings (SSSR count).